The van der Waals surface area contributed by atoms with E-state index in [1.165, 1.54) is 10.9 Å². The Morgan fingerprint density at radius 2 is 2.27 bits per heavy atom. The summed E-state index contributed by atoms with van der Waals surface area (Å²) in [6, 6.07) is 8.15. The van der Waals surface area contributed by atoms with Crippen LogP contribution in [-0.4, -0.2) is 41.7 Å². The van der Waals surface area contributed by atoms with Gasteiger partial charge in [-0.2, -0.15) is 0 Å². The summed E-state index contributed by atoms with van der Waals surface area (Å²) >= 11 is 0. The predicted molar refractivity (Wildman–Crippen MR) is 98.0 cm³/mol. The lowest BCUT2D eigenvalue weighted by Gasteiger charge is -2.26. The van der Waals surface area contributed by atoms with Crippen molar-refractivity contribution in [2.45, 2.75) is 63.6 Å². The van der Waals surface area contributed by atoms with Crippen LogP contribution in [0.4, 0.5) is 4.79 Å². The lowest BCUT2D eigenvalue weighted by molar-refractivity contribution is -0.183. The zero-order valence-corrected chi connectivity index (χ0v) is 15.3. The molecule has 2 aromatic rings. The maximum Gasteiger partial charge on any atom is 0.407 e. The minimum atomic E-state index is -0.517. The second kappa shape index (κ2) is 6.93. The second-order valence-electron chi connectivity index (χ2n) is 7.41. The number of para-hydroxylation sites is 1. The second-order valence-corrected chi connectivity index (χ2v) is 7.41. The van der Waals surface area contributed by atoms with Crippen molar-refractivity contribution in [3.63, 3.8) is 0 Å². The molecule has 6 heteroatoms. The molecule has 0 saturated carbocycles. The van der Waals surface area contributed by atoms with Gasteiger partial charge >= 0.3 is 6.09 Å². The lowest BCUT2D eigenvalue weighted by atomic mass is 10.0. The number of H-pyrrole nitrogens is 1. The Kier molecular flexibility index (Phi) is 4.63. The van der Waals surface area contributed by atoms with E-state index in [4.69, 9.17) is 14.2 Å². The first-order chi connectivity index (χ1) is 12.5. The Balaban J connectivity index is 1.26. The molecule has 2 fully saturated rings. The van der Waals surface area contributed by atoms with Crippen LogP contribution in [0.1, 0.15) is 38.7 Å². The molecular formula is C20H26N2O4. The monoisotopic (exact) mass is 358 g/mol. The SMILES string of the molecule is C[C@H](OC(=O)NCCc1c[nH]c2ccccc12)[C@@H]1O[C@@]2(C)CCC[C@@H]1O2. The third-order valence-electron chi connectivity index (χ3n) is 5.37. The minimum Gasteiger partial charge on any atom is -0.444 e. The normalized spacial score (nSPS) is 28.8. The number of hydrogen-bond donors (Lipinski definition) is 2. The van der Waals surface area contributed by atoms with E-state index in [0.29, 0.717) is 6.54 Å². The highest BCUT2D eigenvalue weighted by atomic mass is 16.8. The molecule has 2 N–H and O–H groups in total. The van der Waals surface area contributed by atoms with Crippen molar-refractivity contribution in [1.29, 1.82) is 0 Å². The topological polar surface area (TPSA) is 72.6 Å². The van der Waals surface area contributed by atoms with Gasteiger partial charge in [0.15, 0.2) is 5.79 Å². The van der Waals surface area contributed by atoms with Gasteiger partial charge in [-0.1, -0.05) is 18.2 Å². The van der Waals surface area contributed by atoms with E-state index in [0.717, 1.165) is 31.2 Å². The highest BCUT2D eigenvalue weighted by Crippen LogP contribution is 2.41. The number of carbonyl (C=O) groups excluding carboxylic acids is 1. The van der Waals surface area contributed by atoms with E-state index in [9.17, 15) is 4.79 Å². The number of ether oxygens (including phenoxy) is 3. The van der Waals surface area contributed by atoms with Crippen molar-refractivity contribution >= 4 is 17.0 Å². The molecule has 6 nitrogen and oxygen atoms in total. The number of benzene rings is 1. The standard InChI is InChI=1S/C20H26N2O4/c1-13(18-17-8-5-10-20(2,25-17)26-18)24-19(23)21-11-9-14-12-22-16-7-4-3-6-15(14)16/h3-4,6-7,12-13,17-18,22H,5,8-11H2,1-2H3,(H,21,23)/t13-,17-,18-,20-/m0/s1. The Hall–Kier alpha value is -2.05. The lowest BCUT2D eigenvalue weighted by Crippen LogP contribution is -2.39. The molecule has 4 atom stereocenters. The van der Waals surface area contributed by atoms with Gasteiger partial charge in [0.1, 0.15) is 12.2 Å². The van der Waals surface area contributed by atoms with Crippen LogP contribution >= 0.6 is 0 Å². The molecular weight excluding hydrogens is 332 g/mol. The predicted octanol–water partition coefficient (Wildman–Crippen LogP) is 3.51. The molecule has 2 saturated heterocycles. The summed E-state index contributed by atoms with van der Waals surface area (Å²) in [7, 11) is 0. The van der Waals surface area contributed by atoms with E-state index in [-0.39, 0.29) is 18.3 Å². The van der Waals surface area contributed by atoms with Gasteiger partial charge in [0.25, 0.3) is 0 Å². The van der Waals surface area contributed by atoms with Crippen LogP contribution in [0.5, 0.6) is 0 Å². The van der Waals surface area contributed by atoms with Crippen LogP contribution in [0.3, 0.4) is 0 Å². The smallest absolute Gasteiger partial charge is 0.407 e. The van der Waals surface area contributed by atoms with E-state index < -0.39 is 11.9 Å². The van der Waals surface area contributed by atoms with E-state index >= 15 is 0 Å². The summed E-state index contributed by atoms with van der Waals surface area (Å²) in [4.78, 5) is 15.4. The number of rotatable bonds is 5. The van der Waals surface area contributed by atoms with Crippen molar-refractivity contribution in [3.8, 4) is 0 Å². The van der Waals surface area contributed by atoms with Crippen molar-refractivity contribution in [3.05, 3.63) is 36.0 Å². The molecule has 1 aromatic heterocycles. The van der Waals surface area contributed by atoms with Crippen LogP contribution in [0.2, 0.25) is 0 Å². The van der Waals surface area contributed by atoms with Gasteiger partial charge in [0.05, 0.1) is 6.10 Å². The van der Waals surface area contributed by atoms with Crippen LogP contribution in [-0.2, 0) is 20.6 Å². The number of aromatic nitrogens is 1. The first-order valence-corrected chi connectivity index (χ1v) is 9.39. The van der Waals surface area contributed by atoms with E-state index in [2.05, 4.69) is 16.4 Å². The summed E-state index contributed by atoms with van der Waals surface area (Å²) < 4.78 is 17.5. The average molecular weight is 358 g/mol. The maximum absolute atomic E-state index is 12.1. The highest BCUT2D eigenvalue weighted by molar-refractivity contribution is 5.83. The first-order valence-electron chi connectivity index (χ1n) is 9.39. The van der Waals surface area contributed by atoms with Crippen LogP contribution in [0.15, 0.2) is 30.5 Å². The van der Waals surface area contributed by atoms with Gasteiger partial charge in [0, 0.05) is 30.1 Å². The quantitative estimate of drug-likeness (QED) is 0.858. The zero-order chi connectivity index (χ0) is 18.1. The fourth-order valence-corrected chi connectivity index (χ4v) is 4.06. The Bertz CT molecular complexity index is 789. The summed E-state index contributed by atoms with van der Waals surface area (Å²) in [5.74, 6) is -0.517. The molecule has 0 radical (unpaired) electrons. The summed E-state index contributed by atoms with van der Waals surface area (Å²) in [5.41, 5.74) is 2.29. The van der Waals surface area contributed by atoms with Crippen molar-refractivity contribution < 1.29 is 19.0 Å². The van der Waals surface area contributed by atoms with Gasteiger partial charge in [-0.3, -0.25) is 0 Å². The van der Waals surface area contributed by atoms with Crippen molar-refractivity contribution in [2.24, 2.45) is 0 Å². The zero-order valence-electron chi connectivity index (χ0n) is 15.3. The Morgan fingerprint density at radius 1 is 1.42 bits per heavy atom. The Labute approximate surface area is 153 Å². The number of fused-ring (bicyclic) bond motifs is 3. The number of nitrogens with one attached hydrogen (secondary N) is 2. The summed E-state index contributed by atoms with van der Waals surface area (Å²) in [6.07, 6.45) is 4.74. The molecule has 140 valence electrons. The first kappa shape index (κ1) is 17.4. The largest absolute Gasteiger partial charge is 0.444 e. The highest BCUT2D eigenvalue weighted by Gasteiger charge is 2.49. The fourth-order valence-electron chi connectivity index (χ4n) is 4.06. The Morgan fingerprint density at radius 3 is 3.12 bits per heavy atom. The molecule has 0 spiro atoms. The van der Waals surface area contributed by atoms with Crippen molar-refractivity contribution in [2.75, 3.05) is 6.54 Å². The number of alkyl carbamates (subject to hydrolysis) is 1. The van der Waals surface area contributed by atoms with E-state index in [1.807, 2.05) is 38.2 Å². The van der Waals surface area contributed by atoms with Crippen LogP contribution in [0.25, 0.3) is 10.9 Å². The van der Waals surface area contributed by atoms with Crippen molar-refractivity contribution in [1.82, 2.24) is 10.3 Å². The third kappa shape index (κ3) is 3.44. The van der Waals surface area contributed by atoms with Gasteiger partial charge in [-0.15, -0.1) is 0 Å². The molecule has 2 aliphatic heterocycles. The fraction of sp³-hybridized carbons (Fsp3) is 0.550. The number of amides is 1. The van der Waals surface area contributed by atoms with Gasteiger partial charge in [0.2, 0.25) is 0 Å². The number of aromatic amines is 1. The van der Waals surface area contributed by atoms with Gasteiger partial charge in [-0.05, 0) is 44.7 Å². The third-order valence-corrected chi connectivity index (χ3v) is 5.37. The molecule has 1 aromatic carbocycles. The molecule has 2 bridgehead atoms. The summed E-state index contributed by atoms with van der Waals surface area (Å²) in [5, 5.41) is 4.03. The molecule has 0 aliphatic carbocycles. The molecule has 1 amide bonds. The molecule has 4 rings (SSSR count). The van der Waals surface area contributed by atoms with E-state index in [1.54, 1.807) is 0 Å². The average Bonchev–Trinajstić information content (AvgIpc) is 3.13. The molecule has 3 heterocycles. The maximum atomic E-state index is 12.1. The van der Waals surface area contributed by atoms with Crippen LogP contribution < -0.4 is 5.32 Å². The van der Waals surface area contributed by atoms with Gasteiger partial charge in [-0.25, -0.2) is 4.79 Å². The van der Waals surface area contributed by atoms with Crippen LogP contribution in [0, 0.1) is 0 Å². The van der Waals surface area contributed by atoms with Gasteiger partial charge < -0.3 is 24.5 Å². The number of hydrogen-bond acceptors (Lipinski definition) is 4. The number of carbonyl (C=O) groups is 1. The molecule has 2 aliphatic rings. The molecule has 26 heavy (non-hydrogen) atoms. The molecule has 0 unspecified atom stereocenters. The summed E-state index contributed by atoms with van der Waals surface area (Å²) in [6.45, 7) is 4.36. The minimum absolute atomic E-state index is 0.0165.